The summed E-state index contributed by atoms with van der Waals surface area (Å²) in [5.41, 5.74) is 5.71. The van der Waals surface area contributed by atoms with Crippen molar-refractivity contribution < 1.29 is 9.21 Å². The number of hydrogen-bond donors (Lipinski definition) is 2. The summed E-state index contributed by atoms with van der Waals surface area (Å²) in [5.74, 6) is 0.0328. The van der Waals surface area contributed by atoms with Gasteiger partial charge in [-0.1, -0.05) is 18.2 Å². The van der Waals surface area contributed by atoms with Gasteiger partial charge < -0.3 is 15.5 Å². The second kappa shape index (κ2) is 4.75. The lowest BCUT2D eigenvalue weighted by atomic mass is 10.2. The van der Waals surface area contributed by atoms with Crippen LogP contribution in [0.5, 0.6) is 0 Å². The number of carbonyl (C=O) groups excluding carboxylic acids is 1. The van der Waals surface area contributed by atoms with Gasteiger partial charge in [-0.3, -0.25) is 4.79 Å². The lowest BCUT2D eigenvalue weighted by Crippen LogP contribution is -2.15. The third kappa shape index (κ3) is 2.40. The fraction of sp³-hybridized carbons (Fsp3) is 0.0769. The molecule has 0 radical (unpaired) electrons. The molecule has 2 aromatic rings. The molecule has 0 saturated heterocycles. The van der Waals surface area contributed by atoms with E-state index in [0.29, 0.717) is 17.0 Å². The summed E-state index contributed by atoms with van der Waals surface area (Å²) < 4.78 is 4.88. The fourth-order valence-corrected chi connectivity index (χ4v) is 1.48. The smallest absolute Gasteiger partial charge is 0.359 e. The molecule has 0 atom stereocenters. The number of carbonyl (C=O) groups is 1. The highest BCUT2D eigenvalue weighted by Gasteiger charge is 2.10. The zero-order chi connectivity index (χ0) is 13.1. The van der Waals surface area contributed by atoms with E-state index in [0.717, 1.165) is 0 Å². The normalized spacial score (nSPS) is 10.1. The minimum atomic E-state index is -0.606. The average molecular weight is 244 g/mol. The van der Waals surface area contributed by atoms with Crippen LogP contribution >= 0.6 is 0 Å². The first kappa shape index (κ1) is 11.9. The lowest BCUT2D eigenvalue weighted by molar-refractivity contribution is 0.102. The van der Waals surface area contributed by atoms with Gasteiger partial charge in [0.2, 0.25) is 0 Å². The van der Waals surface area contributed by atoms with Crippen molar-refractivity contribution in [2.45, 2.75) is 6.92 Å². The summed E-state index contributed by atoms with van der Waals surface area (Å²) in [6.45, 7) is 1.58. The van der Waals surface area contributed by atoms with E-state index in [9.17, 15) is 9.59 Å². The predicted molar refractivity (Wildman–Crippen MR) is 68.5 cm³/mol. The van der Waals surface area contributed by atoms with Crippen LogP contribution in [0, 0.1) is 6.92 Å². The molecule has 92 valence electrons. The molecule has 1 heterocycles. The van der Waals surface area contributed by atoms with Crippen LogP contribution in [0.3, 0.4) is 0 Å². The van der Waals surface area contributed by atoms with Gasteiger partial charge in [0.25, 0.3) is 5.91 Å². The lowest BCUT2D eigenvalue weighted by Gasteiger charge is -2.07. The Kier molecular flexibility index (Phi) is 3.14. The van der Waals surface area contributed by atoms with Crippen molar-refractivity contribution in [2.24, 2.45) is 0 Å². The van der Waals surface area contributed by atoms with Crippen LogP contribution in [0.2, 0.25) is 0 Å². The van der Waals surface area contributed by atoms with Gasteiger partial charge in [-0.2, -0.15) is 0 Å². The van der Waals surface area contributed by atoms with Gasteiger partial charge in [0.1, 0.15) is 11.4 Å². The van der Waals surface area contributed by atoms with Crippen LogP contribution in [0.15, 0.2) is 45.6 Å². The van der Waals surface area contributed by atoms with Crippen LogP contribution in [-0.2, 0) is 0 Å². The maximum absolute atomic E-state index is 11.9. The molecule has 0 saturated carbocycles. The monoisotopic (exact) mass is 244 g/mol. The van der Waals surface area contributed by atoms with E-state index < -0.39 is 5.63 Å². The second-order valence-corrected chi connectivity index (χ2v) is 3.78. The molecule has 0 spiro atoms. The Hall–Kier alpha value is -2.56. The van der Waals surface area contributed by atoms with Gasteiger partial charge in [-0.15, -0.1) is 0 Å². The summed E-state index contributed by atoms with van der Waals surface area (Å²) in [6, 6.07) is 10.1. The quantitative estimate of drug-likeness (QED) is 0.843. The van der Waals surface area contributed by atoms with Crippen molar-refractivity contribution in [2.75, 3.05) is 11.1 Å². The Balaban J connectivity index is 2.28. The van der Waals surface area contributed by atoms with Crippen molar-refractivity contribution in [3.63, 3.8) is 0 Å². The Labute approximate surface area is 103 Å². The largest absolute Gasteiger partial charge is 0.425 e. The molecule has 0 unspecified atom stereocenters. The van der Waals surface area contributed by atoms with E-state index in [1.54, 1.807) is 31.2 Å². The summed E-state index contributed by atoms with van der Waals surface area (Å²) in [5, 5.41) is 2.64. The number of anilines is 2. The zero-order valence-electron chi connectivity index (χ0n) is 9.77. The summed E-state index contributed by atoms with van der Waals surface area (Å²) in [4.78, 5) is 23.0. The van der Waals surface area contributed by atoms with Gasteiger partial charge in [0.05, 0.1) is 5.69 Å². The topological polar surface area (TPSA) is 85.3 Å². The number of benzene rings is 1. The number of amides is 1. The Morgan fingerprint density at radius 3 is 2.61 bits per heavy atom. The van der Waals surface area contributed by atoms with Crippen molar-refractivity contribution in [3.05, 3.63) is 58.1 Å². The number of nitrogens with one attached hydrogen (secondary N) is 1. The standard InChI is InChI=1S/C13H12N2O3/c1-8-11(7-10(14)13(17)18-8)15-12(16)9-5-3-2-4-6-9/h2-7H,14H2,1H3,(H,15,16). The molecule has 0 bridgehead atoms. The van der Waals surface area contributed by atoms with Crippen molar-refractivity contribution in [3.8, 4) is 0 Å². The molecular weight excluding hydrogens is 232 g/mol. The van der Waals surface area contributed by atoms with Crippen molar-refractivity contribution >= 4 is 17.3 Å². The van der Waals surface area contributed by atoms with Gasteiger partial charge >= 0.3 is 5.63 Å². The highest BCUT2D eigenvalue weighted by atomic mass is 16.4. The summed E-state index contributed by atoms with van der Waals surface area (Å²) in [6.07, 6.45) is 0. The summed E-state index contributed by atoms with van der Waals surface area (Å²) >= 11 is 0. The van der Waals surface area contributed by atoms with E-state index in [4.69, 9.17) is 10.2 Å². The molecule has 2 rings (SSSR count). The number of hydrogen-bond acceptors (Lipinski definition) is 4. The second-order valence-electron chi connectivity index (χ2n) is 3.78. The first-order chi connectivity index (χ1) is 8.58. The maximum Gasteiger partial charge on any atom is 0.359 e. The van der Waals surface area contributed by atoms with Crippen LogP contribution in [0.4, 0.5) is 11.4 Å². The number of rotatable bonds is 2. The van der Waals surface area contributed by atoms with Gasteiger partial charge in [-0.25, -0.2) is 4.79 Å². The Bertz CT molecular complexity index is 632. The van der Waals surface area contributed by atoms with Gasteiger partial charge in [0.15, 0.2) is 0 Å². The molecule has 0 aliphatic heterocycles. The van der Waals surface area contributed by atoms with Crippen LogP contribution in [0.1, 0.15) is 16.1 Å². The van der Waals surface area contributed by atoms with Gasteiger partial charge in [0, 0.05) is 5.56 Å². The Morgan fingerprint density at radius 1 is 1.28 bits per heavy atom. The first-order valence-corrected chi connectivity index (χ1v) is 5.34. The van der Waals surface area contributed by atoms with Gasteiger partial charge in [-0.05, 0) is 25.1 Å². The number of aryl methyl sites for hydroxylation is 1. The third-order valence-electron chi connectivity index (χ3n) is 2.44. The zero-order valence-corrected chi connectivity index (χ0v) is 9.77. The summed E-state index contributed by atoms with van der Waals surface area (Å²) in [7, 11) is 0. The third-order valence-corrected chi connectivity index (χ3v) is 2.44. The van der Waals surface area contributed by atoms with E-state index in [-0.39, 0.29) is 11.6 Å². The molecule has 5 nitrogen and oxygen atoms in total. The molecule has 3 N–H and O–H groups in total. The molecule has 1 amide bonds. The fourth-order valence-electron chi connectivity index (χ4n) is 1.48. The highest BCUT2D eigenvalue weighted by Crippen LogP contribution is 2.16. The molecule has 5 heteroatoms. The van der Waals surface area contributed by atoms with E-state index in [2.05, 4.69) is 5.32 Å². The minimum absolute atomic E-state index is 0.0380. The van der Waals surface area contributed by atoms with Crippen LogP contribution in [-0.4, -0.2) is 5.91 Å². The Morgan fingerprint density at radius 2 is 1.94 bits per heavy atom. The maximum atomic E-state index is 11.9. The SMILES string of the molecule is Cc1oc(=O)c(N)cc1NC(=O)c1ccccc1. The molecule has 0 aliphatic rings. The molecule has 0 fully saturated rings. The van der Waals surface area contributed by atoms with Crippen molar-refractivity contribution in [1.82, 2.24) is 0 Å². The molecule has 1 aromatic carbocycles. The average Bonchev–Trinajstić information content (AvgIpc) is 2.37. The molecular formula is C13H12N2O3. The molecule has 0 aliphatic carbocycles. The highest BCUT2D eigenvalue weighted by molar-refractivity contribution is 6.04. The molecule has 18 heavy (non-hydrogen) atoms. The van der Waals surface area contributed by atoms with Crippen LogP contribution in [0.25, 0.3) is 0 Å². The number of nitrogen functional groups attached to an aromatic ring is 1. The van der Waals surface area contributed by atoms with E-state index >= 15 is 0 Å². The predicted octanol–water partition coefficient (Wildman–Crippen LogP) is 1.78. The van der Waals surface area contributed by atoms with E-state index in [1.165, 1.54) is 6.07 Å². The van der Waals surface area contributed by atoms with E-state index in [1.807, 2.05) is 6.07 Å². The first-order valence-electron chi connectivity index (χ1n) is 5.34. The number of nitrogens with two attached hydrogens (primary N) is 1. The molecule has 1 aromatic heterocycles. The van der Waals surface area contributed by atoms with Crippen LogP contribution < -0.4 is 16.7 Å². The minimum Gasteiger partial charge on any atom is -0.425 e. The van der Waals surface area contributed by atoms with Crippen molar-refractivity contribution in [1.29, 1.82) is 0 Å².